The van der Waals surface area contributed by atoms with Crippen molar-refractivity contribution in [3.05, 3.63) is 34.0 Å². The molecular weight excluding hydrogens is 264 g/mol. The van der Waals surface area contributed by atoms with Gasteiger partial charge in [-0.1, -0.05) is 0 Å². The monoisotopic (exact) mass is 276 g/mol. The van der Waals surface area contributed by atoms with Crippen LogP contribution in [0.25, 0.3) is 0 Å². The summed E-state index contributed by atoms with van der Waals surface area (Å²) in [6.45, 7) is 3.24. The zero-order chi connectivity index (χ0) is 13.4. The third-order valence-corrected chi connectivity index (χ3v) is 4.03. The van der Waals surface area contributed by atoms with Crippen molar-refractivity contribution < 1.29 is 9.59 Å². The second kappa shape index (κ2) is 4.58. The molecule has 7 heteroatoms. The van der Waals surface area contributed by atoms with Crippen molar-refractivity contribution >= 4 is 23.0 Å². The lowest BCUT2D eigenvalue weighted by Gasteiger charge is -2.26. The molecule has 0 saturated carbocycles. The molecule has 6 nitrogen and oxygen atoms in total. The highest BCUT2D eigenvalue weighted by Crippen LogP contribution is 2.19. The number of carbonyl (C=O) groups is 2. The minimum absolute atomic E-state index is 0.0197. The topological polar surface area (TPSA) is 68.1 Å². The molecule has 0 atom stereocenters. The molecule has 1 aliphatic heterocycles. The highest BCUT2D eigenvalue weighted by atomic mass is 32.1. The van der Waals surface area contributed by atoms with Gasteiger partial charge in [0.1, 0.15) is 12.2 Å². The fourth-order valence-electron chi connectivity index (χ4n) is 2.02. The summed E-state index contributed by atoms with van der Waals surface area (Å²) in [7, 11) is 0. The van der Waals surface area contributed by atoms with Gasteiger partial charge in [0.25, 0.3) is 5.91 Å². The van der Waals surface area contributed by atoms with E-state index in [1.807, 2.05) is 0 Å². The van der Waals surface area contributed by atoms with Crippen LogP contribution in [0.1, 0.15) is 32.8 Å². The van der Waals surface area contributed by atoms with Gasteiger partial charge in [-0.2, -0.15) is 5.10 Å². The average molecular weight is 276 g/mol. The maximum absolute atomic E-state index is 12.3. The second-order valence-corrected chi connectivity index (χ2v) is 5.29. The SMILES string of the molecule is CC(=O)c1csc(C(=O)N2CCn3ncnc3C2)c1. The number of Topliss-reactive ketones (excluding diaryl/α,β-unsaturated/α-hetero) is 1. The first kappa shape index (κ1) is 12.0. The molecule has 2 aromatic rings. The molecular formula is C12H12N4O2S. The number of hydrogen-bond donors (Lipinski definition) is 0. The number of hydrogen-bond acceptors (Lipinski definition) is 5. The smallest absolute Gasteiger partial charge is 0.264 e. The van der Waals surface area contributed by atoms with E-state index < -0.39 is 0 Å². The van der Waals surface area contributed by atoms with Crippen molar-refractivity contribution in [1.29, 1.82) is 0 Å². The first-order chi connectivity index (χ1) is 9.15. The molecule has 2 aromatic heterocycles. The Morgan fingerprint density at radius 3 is 2.95 bits per heavy atom. The summed E-state index contributed by atoms with van der Waals surface area (Å²) in [5, 5.41) is 5.80. The summed E-state index contributed by atoms with van der Waals surface area (Å²) in [5.74, 6) is 0.725. The van der Waals surface area contributed by atoms with Gasteiger partial charge in [-0.05, 0) is 13.0 Å². The van der Waals surface area contributed by atoms with Gasteiger partial charge in [0.2, 0.25) is 0 Å². The summed E-state index contributed by atoms with van der Waals surface area (Å²) in [6.07, 6.45) is 1.50. The molecule has 1 aliphatic rings. The number of fused-ring (bicyclic) bond motifs is 1. The molecule has 0 unspecified atom stereocenters. The zero-order valence-electron chi connectivity index (χ0n) is 10.4. The maximum atomic E-state index is 12.3. The fourth-order valence-corrected chi connectivity index (χ4v) is 2.94. The minimum atomic E-state index is -0.0493. The molecule has 0 fully saturated rings. The highest BCUT2D eigenvalue weighted by Gasteiger charge is 2.24. The molecule has 98 valence electrons. The Hall–Kier alpha value is -2.02. The van der Waals surface area contributed by atoms with Gasteiger partial charge in [-0.15, -0.1) is 11.3 Å². The van der Waals surface area contributed by atoms with Crippen molar-refractivity contribution in [2.24, 2.45) is 0 Å². The number of nitrogens with zero attached hydrogens (tertiary/aromatic N) is 4. The van der Waals surface area contributed by atoms with Gasteiger partial charge >= 0.3 is 0 Å². The van der Waals surface area contributed by atoms with Crippen molar-refractivity contribution in [1.82, 2.24) is 19.7 Å². The lowest BCUT2D eigenvalue weighted by atomic mass is 10.2. The average Bonchev–Trinajstić information content (AvgIpc) is 3.06. The van der Waals surface area contributed by atoms with Crippen LogP contribution in [0.3, 0.4) is 0 Å². The van der Waals surface area contributed by atoms with E-state index in [1.54, 1.807) is 21.0 Å². The quantitative estimate of drug-likeness (QED) is 0.773. The number of carbonyl (C=O) groups excluding carboxylic acids is 2. The molecule has 1 amide bonds. The lowest BCUT2D eigenvalue weighted by Crippen LogP contribution is -2.38. The molecule has 0 aliphatic carbocycles. The minimum Gasteiger partial charge on any atom is -0.329 e. The van der Waals surface area contributed by atoms with Gasteiger partial charge in [0, 0.05) is 17.5 Å². The number of ketones is 1. The van der Waals surface area contributed by atoms with Crippen LogP contribution >= 0.6 is 11.3 Å². The van der Waals surface area contributed by atoms with Crippen molar-refractivity contribution in [3.8, 4) is 0 Å². The Morgan fingerprint density at radius 2 is 2.21 bits per heavy atom. The first-order valence-corrected chi connectivity index (χ1v) is 6.78. The third-order valence-electron chi connectivity index (χ3n) is 3.11. The predicted octanol–water partition coefficient (Wildman–Crippen LogP) is 1.20. The molecule has 3 heterocycles. The van der Waals surface area contributed by atoms with Crippen molar-refractivity contribution in [3.63, 3.8) is 0 Å². The normalized spacial score (nSPS) is 14.3. The van der Waals surface area contributed by atoms with Crippen molar-refractivity contribution in [2.45, 2.75) is 20.0 Å². The Labute approximate surface area is 113 Å². The third kappa shape index (κ3) is 2.17. The molecule has 0 spiro atoms. The molecule has 0 aromatic carbocycles. The van der Waals surface area contributed by atoms with E-state index in [2.05, 4.69) is 10.1 Å². The molecule has 3 rings (SSSR count). The lowest BCUT2D eigenvalue weighted by molar-refractivity contribution is 0.0707. The summed E-state index contributed by atoms with van der Waals surface area (Å²) in [4.78, 5) is 30.0. The van der Waals surface area contributed by atoms with E-state index in [-0.39, 0.29) is 11.7 Å². The summed E-state index contributed by atoms with van der Waals surface area (Å²) >= 11 is 1.31. The number of rotatable bonds is 2. The van der Waals surface area contributed by atoms with Crippen LogP contribution in [0.5, 0.6) is 0 Å². The molecule has 0 bridgehead atoms. The van der Waals surface area contributed by atoms with E-state index in [0.29, 0.717) is 30.1 Å². The fraction of sp³-hybridized carbons (Fsp3) is 0.333. The summed E-state index contributed by atoms with van der Waals surface area (Å²) < 4.78 is 1.80. The van der Waals surface area contributed by atoms with Gasteiger partial charge in [-0.25, -0.2) is 9.67 Å². The largest absolute Gasteiger partial charge is 0.329 e. The van der Waals surface area contributed by atoms with E-state index in [0.717, 1.165) is 5.82 Å². The number of amides is 1. The van der Waals surface area contributed by atoms with Gasteiger partial charge < -0.3 is 4.90 Å². The van der Waals surface area contributed by atoms with E-state index in [1.165, 1.54) is 24.6 Å². The van der Waals surface area contributed by atoms with Gasteiger partial charge in [-0.3, -0.25) is 9.59 Å². The van der Waals surface area contributed by atoms with E-state index in [4.69, 9.17) is 0 Å². The highest BCUT2D eigenvalue weighted by molar-refractivity contribution is 7.12. The molecule has 0 radical (unpaired) electrons. The van der Waals surface area contributed by atoms with E-state index >= 15 is 0 Å². The van der Waals surface area contributed by atoms with Crippen LogP contribution in [0.4, 0.5) is 0 Å². The van der Waals surface area contributed by atoms with Crippen molar-refractivity contribution in [2.75, 3.05) is 6.54 Å². The van der Waals surface area contributed by atoms with Crippen LogP contribution in [-0.4, -0.2) is 37.9 Å². The number of thiophene rings is 1. The van der Waals surface area contributed by atoms with Gasteiger partial charge in [0.15, 0.2) is 5.78 Å². The first-order valence-electron chi connectivity index (χ1n) is 5.90. The summed E-state index contributed by atoms with van der Waals surface area (Å²) in [6, 6.07) is 1.66. The predicted molar refractivity (Wildman–Crippen MR) is 69.1 cm³/mol. The standard InChI is InChI=1S/C12H12N4O2S/c1-8(17)9-4-10(19-6-9)12(18)15-2-3-16-11(5-15)13-7-14-16/h4,6-7H,2-3,5H2,1H3. The van der Waals surface area contributed by atoms with E-state index in [9.17, 15) is 9.59 Å². The Bertz CT molecular complexity index is 646. The Kier molecular flexibility index (Phi) is 2.90. The van der Waals surface area contributed by atoms with Crippen LogP contribution in [0.15, 0.2) is 17.8 Å². The van der Waals surface area contributed by atoms with Crippen LogP contribution in [0.2, 0.25) is 0 Å². The zero-order valence-corrected chi connectivity index (χ0v) is 11.2. The van der Waals surface area contributed by atoms with Crippen LogP contribution in [0, 0.1) is 0 Å². The molecule has 0 N–H and O–H groups in total. The van der Waals surface area contributed by atoms with Crippen LogP contribution in [-0.2, 0) is 13.1 Å². The Morgan fingerprint density at radius 1 is 1.37 bits per heavy atom. The van der Waals surface area contributed by atoms with Gasteiger partial charge in [0.05, 0.1) is 18.0 Å². The number of aromatic nitrogens is 3. The van der Waals surface area contributed by atoms with Crippen LogP contribution < -0.4 is 0 Å². The molecule has 19 heavy (non-hydrogen) atoms. The second-order valence-electron chi connectivity index (χ2n) is 4.38. The summed E-state index contributed by atoms with van der Waals surface area (Å²) in [5.41, 5.74) is 0.591. The Balaban J connectivity index is 1.79. The molecule has 0 saturated heterocycles. The maximum Gasteiger partial charge on any atom is 0.264 e.